The van der Waals surface area contributed by atoms with Crippen LogP contribution in [0.25, 0.3) is 0 Å². The number of likely N-dealkylation sites (N-methyl/N-ethyl adjacent to an activating group) is 1. The van der Waals surface area contributed by atoms with Gasteiger partial charge in [-0.3, -0.25) is 0 Å². The molecule has 0 amide bonds. The Balaban J connectivity index is 2.25. The van der Waals surface area contributed by atoms with Crippen molar-refractivity contribution in [1.82, 2.24) is 9.80 Å². The maximum atomic E-state index is 11.3. The molecule has 0 saturated carbocycles. The first-order chi connectivity index (χ1) is 39.1. The summed E-state index contributed by atoms with van der Waals surface area (Å²) in [6.45, 7) is -4.02. The Bertz CT molecular complexity index is 2170. The van der Waals surface area contributed by atoms with Crippen LogP contribution in [0, 0.1) is 0 Å². The van der Waals surface area contributed by atoms with Gasteiger partial charge in [0.1, 0.15) is 61.0 Å². The Morgan fingerprint density at radius 2 is 0.590 bits per heavy atom. The van der Waals surface area contributed by atoms with Crippen molar-refractivity contribution in [3.05, 3.63) is 69.1 Å². The predicted octanol–water partition coefficient (Wildman–Crippen LogP) is -5.44. The summed E-state index contributed by atoms with van der Waals surface area (Å²) in [5, 5.41) is 278. The molecule has 0 aromatic rings. The molecule has 17 unspecified atom stereocenters. The van der Waals surface area contributed by atoms with Gasteiger partial charge in [0.25, 0.3) is 0 Å². The monoisotopic (exact) mass is 1220 g/mol. The largest absolute Gasteiger partial charge is 0.506 e. The van der Waals surface area contributed by atoms with Crippen molar-refractivity contribution in [2.45, 2.75) is 144 Å². The third-order valence-corrected chi connectivity index (χ3v) is 12.9. The van der Waals surface area contributed by atoms with E-state index >= 15 is 0 Å². The zero-order chi connectivity index (χ0) is 62.6. The maximum Gasteiger partial charge on any atom is 0.218 e. The van der Waals surface area contributed by atoms with Gasteiger partial charge in [0.05, 0.1) is 6.61 Å². The lowest BCUT2D eigenvalue weighted by Crippen LogP contribution is -2.61. The van der Waals surface area contributed by atoms with Crippen LogP contribution in [0.15, 0.2) is 69.1 Å². The third kappa shape index (κ3) is 20.1. The maximum absolute atomic E-state index is 11.3. The van der Waals surface area contributed by atoms with Crippen molar-refractivity contribution in [2.75, 3.05) is 79.4 Å². The Morgan fingerprint density at radius 3 is 0.867 bits per heavy atom. The molecule has 4 aliphatic rings. The Labute approximate surface area is 471 Å². The number of fused-ring (bicyclic) bond motifs is 26. The minimum Gasteiger partial charge on any atom is -0.506 e. The van der Waals surface area contributed by atoms with Crippen LogP contribution in [-0.2, 0) is 37.9 Å². The number of hydrogen-bond acceptors (Lipinski definition) is 36. The number of piperazine rings is 1. The number of aliphatic hydroxyl groups is 26. The molecule has 26 N–H and O–H groups in total. The van der Waals surface area contributed by atoms with E-state index < -0.39 is 252 Å². The van der Waals surface area contributed by atoms with Crippen LogP contribution in [0.2, 0.25) is 0 Å². The normalized spacial score (nSPS) is 40.0. The summed E-state index contributed by atoms with van der Waals surface area (Å²) in [6, 6.07) is 0. The number of hydrogen-bond donors (Lipinski definition) is 26. The summed E-state index contributed by atoms with van der Waals surface area (Å²) < 4.78 is 42.0. The molecule has 36 nitrogen and oxygen atoms in total. The topological polar surface area (TPSA) is 606 Å². The summed E-state index contributed by atoms with van der Waals surface area (Å²) in [4.78, 5) is 3.79. The van der Waals surface area contributed by atoms with Gasteiger partial charge >= 0.3 is 0 Å². The van der Waals surface area contributed by atoms with Crippen molar-refractivity contribution in [3.63, 3.8) is 0 Å². The molecular formula is C47H80N2O34. The fraction of sp³-hybridized carbons (Fsp3) is 0.745. The molecule has 0 spiro atoms. The van der Waals surface area contributed by atoms with Crippen molar-refractivity contribution in [2.24, 2.45) is 0 Å². The van der Waals surface area contributed by atoms with Crippen molar-refractivity contribution in [1.29, 1.82) is 0 Å². The summed E-state index contributed by atoms with van der Waals surface area (Å²) >= 11 is 0. The molecule has 0 aromatic heterocycles. The minimum absolute atomic E-state index is 0.0219. The van der Waals surface area contributed by atoms with Gasteiger partial charge in [-0.05, 0) is 13.5 Å². The van der Waals surface area contributed by atoms with E-state index in [-0.39, 0.29) is 6.54 Å². The molecule has 0 aromatic carbocycles. The highest BCUT2D eigenvalue weighted by Gasteiger charge is 2.48. The van der Waals surface area contributed by atoms with Gasteiger partial charge in [0, 0.05) is 97.9 Å². The quantitative estimate of drug-likeness (QED) is 0.0772. The average molecular weight is 1220 g/mol. The number of rotatable bonds is 14. The van der Waals surface area contributed by atoms with Gasteiger partial charge in [-0.15, -0.1) is 0 Å². The summed E-state index contributed by atoms with van der Waals surface area (Å²) in [6.07, 6.45) is -45.2. The SMILES string of the molecule is CN1CCN(CCC2OC(O)/C(O)=C(/O)C(CCO)OC(O)/C(O)=C(\O)C(CCO)OC3OC(CO)C(OC(O)/C(O)=C(\O)C(CCO)OC(O)/C(O)=C(/O)C(CCO)OC(O)/C(O)=C(/O)C(CCO)OC(O)/C(O)=C/2O)C(O)C3O)CC1. The van der Waals surface area contributed by atoms with E-state index in [1.165, 1.54) is 0 Å². The molecule has 2 fully saturated rings. The van der Waals surface area contributed by atoms with Crippen LogP contribution in [-0.4, -0.2) is 327 Å². The van der Waals surface area contributed by atoms with Crippen molar-refractivity contribution < 1.29 is 171 Å². The lowest BCUT2D eigenvalue weighted by Gasteiger charge is -2.43. The van der Waals surface area contributed by atoms with Gasteiger partial charge in [0.15, 0.2) is 75.4 Å². The first-order valence-corrected chi connectivity index (χ1v) is 25.6. The lowest BCUT2D eigenvalue weighted by molar-refractivity contribution is -0.329. The lowest BCUT2D eigenvalue weighted by atomic mass is 9.98. The van der Waals surface area contributed by atoms with Gasteiger partial charge in [0.2, 0.25) is 37.7 Å². The second-order valence-corrected chi connectivity index (χ2v) is 18.8. The Morgan fingerprint density at radius 1 is 0.325 bits per heavy atom. The molecular weight excluding hydrogens is 1140 g/mol. The molecule has 4 aliphatic heterocycles. The van der Waals surface area contributed by atoms with Gasteiger partial charge in [-0.1, -0.05) is 0 Å². The second kappa shape index (κ2) is 34.9. The van der Waals surface area contributed by atoms with Crippen molar-refractivity contribution in [3.8, 4) is 0 Å². The molecule has 2 bridgehead atoms. The standard InChI is InChI=1S/C47H80N2O34/c1-48-9-11-49(12-10-48)8-2-19-26(56)33(63)42(71)77-21(4-14-51)28(58)35(65)43(72)78-22(5-15-52)29(59)36(66)44(73)80-23(6-16-53)30(60)38(68)46(75)83-40-25(18-55)82-47(39(69)32(40)62)81-24(7-17-54)31(61)37(67)45(74)79-20(3-13-50)27(57)34(64)41(70)76-19/h19-25,32,39-47,50-75H,2-18H2,1H3/b33-26+,34-27-,35-28-,36-29-,37-31+,38-30+. The van der Waals surface area contributed by atoms with Crippen LogP contribution >= 0.6 is 0 Å². The molecule has 4 rings (SSSR count). The minimum atomic E-state index is -2.84. The fourth-order valence-corrected chi connectivity index (χ4v) is 8.13. The Hall–Kier alpha value is -4.92. The second-order valence-electron chi connectivity index (χ2n) is 18.8. The zero-order valence-corrected chi connectivity index (χ0v) is 44.6. The molecule has 36 heteroatoms. The summed E-state index contributed by atoms with van der Waals surface area (Å²) in [5.41, 5.74) is 0. The van der Waals surface area contributed by atoms with E-state index in [1.807, 2.05) is 16.8 Å². The third-order valence-electron chi connectivity index (χ3n) is 12.9. The number of ether oxygens (including phenoxy) is 8. The fourth-order valence-electron chi connectivity index (χ4n) is 8.13. The van der Waals surface area contributed by atoms with Crippen LogP contribution in [0.4, 0.5) is 0 Å². The molecule has 83 heavy (non-hydrogen) atoms. The number of aliphatic hydroxyl groups excluding tert-OH is 26. The van der Waals surface area contributed by atoms with E-state index in [9.17, 15) is 133 Å². The molecule has 4 heterocycles. The van der Waals surface area contributed by atoms with Crippen molar-refractivity contribution >= 4 is 0 Å². The molecule has 0 aliphatic carbocycles. The highest BCUT2D eigenvalue weighted by Crippen LogP contribution is 2.31. The van der Waals surface area contributed by atoms with E-state index in [0.717, 1.165) is 0 Å². The van der Waals surface area contributed by atoms with E-state index in [0.29, 0.717) is 26.2 Å². The smallest absolute Gasteiger partial charge is 0.218 e. The molecule has 0 radical (unpaired) electrons. The first kappa shape index (κ1) is 72.3. The van der Waals surface area contributed by atoms with E-state index in [4.69, 9.17) is 37.9 Å². The molecule has 17 atom stereocenters. The van der Waals surface area contributed by atoms with Crippen LogP contribution < -0.4 is 0 Å². The van der Waals surface area contributed by atoms with E-state index in [1.54, 1.807) is 0 Å². The molecule has 482 valence electrons. The predicted molar refractivity (Wildman–Crippen MR) is 269 cm³/mol. The highest BCUT2D eigenvalue weighted by molar-refractivity contribution is 5.15. The highest BCUT2D eigenvalue weighted by atomic mass is 16.7. The van der Waals surface area contributed by atoms with Crippen LogP contribution in [0.5, 0.6) is 0 Å². The van der Waals surface area contributed by atoms with Gasteiger partial charge in [-0.2, -0.15) is 0 Å². The van der Waals surface area contributed by atoms with Crippen LogP contribution in [0.3, 0.4) is 0 Å². The van der Waals surface area contributed by atoms with Gasteiger partial charge in [-0.25, -0.2) is 0 Å². The summed E-state index contributed by atoms with van der Waals surface area (Å²) in [7, 11) is 1.83. The molecule has 2 saturated heterocycles. The number of nitrogens with zero attached hydrogens (tertiary/aromatic N) is 2. The average Bonchev–Trinajstić information content (AvgIpc) is 3.67. The summed E-state index contributed by atoms with van der Waals surface area (Å²) in [5.74, 6) is -18.5. The van der Waals surface area contributed by atoms with E-state index in [2.05, 4.69) is 0 Å². The Kier molecular flexibility index (Phi) is 30.4. The zero-order valence-electron chi connectivity index (χ0n) is 44.6. The van der Waals surface area contributed by atoms with Gasteiger partial charge < -0.3 is 180 Å². The van der Waals surface area contributed by atoms with Crippen LogP contribution in [0.1, 0.15) is 38.5 Å². The first-order valence-electron chi connectivity index (χ1n) is 25.6.